The van der Waals surface area contributed by atoms with Crippen molar-refractivity contribution in [1.29, 1.82) is 0 Å². The summed E-state index contributed by atoms with van der Waals surface area (Å²) < 4.78 is 50.7. The second kappa shape index (κ2) is 16.1. The van der Waals surface area contributed by atoms with Crippen LogP contribution in [0.3, 0.4) is 0 Å². The fourth-order valence-corrected chi connectivity index (χ4v) is 3.31. The number of fused-ring (bicyclic) bond motifs is 2. The van der Waals surface area contributed by atoms with E-state index in [1.807, 2.05) is 91.0 Å². The van der Waals surface area contributed by atoms with Crippen LogP contribution in [0.1, 0.15) is 0 Å². The Morgan fingerprint density at radius 2 is 0.949 bits per heavy atom. The van der Waals surface area contributed by atoms with Gasteiger partial charge < -0.3 is 9.97 Å². The molecule has 0 atom stereocenters. The van der Waals surface area contributed by atoms with Gasteiger partial charge in [0.15, 0.2) is 0 Å². The number of aromatic amines is 2. The molecule has 0 bridgehead atoms. The van der Waals surface area contributed by atoms with Gasteiger partial charge in [-0.2, -0.15) is 12.1 Å². The molecule has 0 aliphatic carbocycles. The van der Waals surface area contributed by atoms with Crippen molar-refractivity contribution < 1.29 is 54.8 Å². The number of H-pyrrole nitrogens is 2. The Balaban J connectivity index is 0.000000212. The number of imidazole rings is 2. The molecule has 2 heterocycles. The second-order valence-electron chi connectivity index (χ2n) is 7.27. The van der Waals surface area contributed by atoms with E-state index in [-0.39, 0.29) is 29.6 Å². The topological polar surface area (TPSA) is 160 Å². The van der Waals surface area contributed by atoms with Crippen molar-refractivity contribution in [2.45, 2.75) is 0 Å². The van der Waals surface area contributed by atoms with Crippen LogP contribution in [0, 0.1) is 6.07 Å². The van der Waals surface area contributed by atoms with Crippen molar-refractivity contribution in [2.24, 2.45) is 0 Å². The number of hydrogen-bond acceptors (Lipinski definition) is 8. The predicted molar refractivity (Wildman–Crippen MR) is 141 cm³/mol. The van der Waals surface area contributed by atoms with Crippen LogP contribution < -0.4 is 29.6 Å². The smallest absolute Gasteiger partial charge is 0.361 e. The molecule has 0 unspecified atom stereocenters. The van der Waals surface area contributed by atoms with Crippen LogP contribution in [0.15, 0.2) is 103 Å². The van der Waals surface area contributed by atoms with Crippen LogP contribution in [0.5, 0.6) is 0 Å². The van der Waals surface area contributed by atoms with Gasteiger partial charge in [0.25, 0.3) is 0 Å². The SMILES string of the molecule is O=S(=O)=O.O=S(=O)=O.[Na+].[c-]1ccc2[nH]c(-c3ccccc3)nc2c1.c1ccc(-c2nc3ccccc3[nH]2)cc1. The van der Waals surface area contributed by atoms with Crippen LogP contribution in [0.2, 0.25) is 0 Å². The van der Waals surface area contributed by atoms with Gasteiger partial charge in [0.2, 0.25) is 0 Å². The van der Waals surface area contributed by atoms with E-state index in [1.54, 1.807) is 0 Å². The van der Waals surface area contributed by atoms with Crippen molar-refractivity contribution in [3.8, 4) is 22.8 Å². The van der Waals surface area contributed by atoms with Crippen molar-refractivity contribution in [3.05, 3.63) is 109 Å². The zero-order chi connectivity index (χ0) is 27.3. The maximum Gasteiger partial charge on any atom is 1.00 e. The van der Waals surface area contributed by atoms with Crippen molar-refractivity contribution in [2.75, 3.05) is 0 Å². The van der Waals surface area contributed by atoms with Gasteiger partial charge in [-0.05, 0) is 23.2 Å². The summed E-state index contributed by atoms with van der Waals surface area (Å²) >= 11 is 0. The summed E-state index contributed by atoms with van der Waals surface area (Å²) in [4.78, 5) is 15.6. The number of nitrogens with one attached hydrogen (secondary N) is 2. The number of para-hydroxylation sites is 2. The molecular weight excluding hydrogens is 551 g/mol. The minimum Gasteiger partial charge on any atom is -0.361 e. The number of nitrogens with zero attached hydrogens (tertiary/aromatic N) is 2. The molecule has 39 heavy (non-hydrogen) atoms. The van der Waals surface area contributed by atoms with E-state index in [4.69, 9.17) is 25.3 Å². The number of aromatic nitrogens is 4. The summed E-state index contributed by atoms with van der Waals surface area (Å²) in [6.45, 7) is 0. The monoisotopic (exact) mass is 570 g/mol. The van der Waals surface area contributed by atoms with Gasteiger partial charge in [-0.1, -0.05) is 72.8 Å². The summed E-state index contributed by atoms with van der Waals surface area (Å²) in [6, 6.07) is 37.1. The molecule has 2 aromatic heterocycles. The summed E-state index contributed by atoms with van der Waals surface area (Å²) in [6.07, 6.45) is 0. The van der Waals surface area contributed by atoms with Gasteiger partial charge >= 0.3 is 50.8 Å². The minimum atomic E-state index is -3.11. The van der Waals surface area contributed by atoms with E-state index in [0.717, 1.165) is 44.8 Å². The zero-order valence-electron chi connectivity index (χ0n) is 20.5. The van der Waals surface area contributed by atoms with Crippen molar-refractivity contribution in [1.82, 2.24) is 19.9 Å². The number of rotatable bonds is 2. The molecule has 0 fully saturated rings. The molecule has 4 aromatic carbocycles. The summed E-state index contributed by atoms with van der Waals surface area (Å²) in [7, 11) is -6.22. The molecule has 6 rings (SSSR count). The first-order valence-corrected chi connectivity index (χ1v) is 12.8. The molecule has 192 valence electrons. The summed E-state index contributed by atoms with van der Waals surface area (Å²) in [5.41, 5.74) is 6.32. The van der Waals surface area contributed by atoms with Gasteiger partial charge in [-0.25, -0.2) is 4.98 Å². The summed E-state index contributed by atoms with van der Waals surface area (Å²) in [5.74, 6) is 1.84. The van der Waals surface area contributed by atoms with E-state index in [9.17, 15) is 0 Å². The fraction of sp³-hybridized carbons (Fsp3) is 0. The molecule has 0 aliphatic heterocycles. The summed E-state index contributed by atoms with van der Waals surface area (Å²) in [5, 5.41) is 0. The fourth-order valence-electron chi connectivity index (χ4n) is 3.31. The Labute approximate surface area is 248 Å². The standard InChI is InChI=1S/C13H10N2.C13H9N2.Na.2O3S/c2*1-2-6-10(7-3-1)13-14-11-8-4-5-9-12(11)15-13;;2*1-4(2)3/h1-9H,(H,14,15);1-4,6-9H,(H,14,15);;;/q;-1;+1;;. The molecule has 0 aliphatic rings. The Kier molecular flexibility index (Phi) is 12.9. The average molecular weight is 571 g/mol. The molecular formula is C26H19N4NaO6S2. The number of benzene rings is 4. The maximum atomic E-state index is 8.44. The first-order valence-electron chi connectivity index (χ1n) is 10.8. The van der Waals surface area contributed by atoms with Crippen LogP contribution in [0.4, 0.5) is 0 Å². The molecule has 0 amide bonds. The van der Waals surface area contributed by atoms with E-state index in [0.29, 0.717) is 0 Å². The predicted octanol–water partition coefficient (Wildman–Crippen LogP) is 1.26. The third-order valence-electron chi connectivity index (χ3n) is 4.81. The maximum absolute atomic E-state index is 8.44. The molecule has 2 N–H and O–H groups in total. The average Bonchev–Trinajstić information content (AvgIpc) is 3.54. The van der Waals surface area contributed by atoms with Gasteiger partial charge in [0, 0.05) is 11.1 Å². The molecule has 0 saturated heterocycles. The van der Waals surface area contributed by atoms with Crippen LogP contribution in [-0.4, -0.2) is 45.2 Å². The Morgan fingerprint density at radius 1 is 0.538 bits per heavy atom. The largest absolute Gasteiger partial charge is 1.00 e. The van der Waals surface area contributed by atoms with Crippen LogP contribution >= 0.6 is 0 Å². The van der Waals surface area contributed by atoms with Crippen LogP contribution in [0.25, 0.3) is 44.8 Å². The molecule has 10 nitrogen and oxygen atoms in total. The van der Waals surface area contributed by atoms with Crippen molar-refractivity contribution in [3.63, 3.8) is 0 Å². The zero-order valence-corrected chi connectivity index (χ0v) is 24.1. The van der Waals surface area contributed by atoms with E-state index in [1.165, 1.54) is 0 Å². The molecule has 0 spiro atoms. The second-order valence-corrected chi connectivity index (χ2v) is 8.09. The Hall–Kier alpha value is -3.94. The van der Waals surface area contributed by atoms with Crippen LogP contribution in [-0.2, 0) is 21.2 Å². The third kappa shape index (κ3) is 10.4. The van der Waals surface area contributed by atoms with Gasteiger partial charge in [-0.3, -0.25) is 4.98 Å². The first-order chi connectivity index (χ1) is 18.3. The molecule has 6 aromatic rings. The Bertz CT molecular complexity index is 1630. The molecule has 0 saturated carbocycles. The van der Waals surface area contributed by atoms with Crippen molar-refractivity contribution >= 4 is 43.3 Å². The van der Waals surface area contributed by atoms with E-state index >= 15 is 0 Å². The van der Waals surface area contributed by atoms with Gasteiger partial charge in [-0.15, -0.1) is 37.4 Å². The molecule has 13 heteroatoms. The van der Waals surface area contributed by atoms with Gasteiger partial charge in [0.1, 0.15) is 11.6 Å². The number of hydrogen-bond donors (Lipinski definition) is 2. The Morgan fingerprint density at radius 3 is 1.41 bits per heavy atom. The van der Waals surface area contributed by atoms with E-state index in [2.05, 4.69) is 38.1 Å². The van der Waals surface area contributed by atoms with Gasteiger partial charge in [0.05, 0.1) is 11.0 Å². The minimum absolute atomic E-state index is 0. The third-order valence-corrected chi connectivity index (χ3v) is 4.81. The normalized spacial score (nSPS) is 9.44. The van der Waals surface area contributed by atoms with E-state index < -0.39 is 21.2 Å². The quantitative estimate of drug-likeness (QED) is 0.232. The molecule has 0 radical (unpaired) electrons. The first kappa shape index (κ1) is 31.3.